The molecule has 0 fully saturated rings. The molecule has 7 heteroatoms. The number of fused-ring (bicyclic) bond motifs is 1. The Morgan fingerprint density at radius 1 is 1.11 bits per heavy atom. The minimum absolute atomic E-state index is 0.138. The summed E-state index contributed by atoms with van der Waals surface area (Å²) in [5, 5.41) is 5.46. The Morgan fingerprint density at radius 3 is 2.62 bits per heavy atom. The molecule has 0 bridgehead atoms. The normalized spacial score (nSPS) is 15.1. The van der Waals surface area contributed by atoms with Crippen LogP contribution in [0.2, 0.25) is 0 Å². The Kier molecular flexibility index (Phi) is 8.98. The molecule has 6 nitrogen and oxygen atoms in total. The summed E-state index contributed by atoms with van der Waals surface area (Å²) in [4.78, 5) is 32.1. The SMILES string of the molecule is CC(C)CCNC(=O)c1csc(COc2ccc3c(c2)[C@H](c2ccccc2)N(C(=O)CC(C)C)CC3)n1. The first-order chi connectivity index (χ1) is 17.8. The van der Waals surface area contributed by atoms with Crippen LogP contribution < -0.4 is 10.1 Å². The summed E-state index contributed by atoms with van der Waals surface area (Å²) in [6, 6.07) is 16.2. The van der Waals surface area contributed by atoms with Gasteiger partial charge in [0, 0.05) is 24.9 Å². The molecule has 1 aliphatic rings. The largest absolute Gasteiger partial charge is 0.486 e. The van der Waals surface area contributed by atoms with Crippen molar-refractivity contribution in [1.82, 2.24) is 15.2 Å². The van der Waals surface area contributed by atoms with E-state index in [1.54, 1.807) is 5.38 Å². The van der Waals surface area contributed by atoms with E-state index in [1.165, 1.54) is 16.9 Å². The molecule has 1 aromatic heterocycles. The van der Waals surface area contributed by atoms with Gasteiger partial charge >= 0.3 is 0 Å². The van der Waals surface area contributed by atoms with Gasteiger partial charge < -0.3 is 15.0 Å². The van der Waals surface area contributed by atoms with E-state index < -0.39 is 0 Å². The number of thiazole rings is 1. The molecule has 0 spiro atoms. The van der Waals surface area contributed by atoms with Crippen LogP contribution in [-0.2, 0) is 17.8 Å². The van der Waals surface area contributed by atoms with Crippen molar-refractivity contribution in [1.29, 1.82) is 0 Å². The standard InChI is InChI=1S/C30H37N3O3S/c1-20(2)12-14-31-30(35)26-19-37-27(32-26)18-36-24-11-10-22-13-15-33(28(34)16-21(3)4)29(25(22)17-24)23-8-6-5-7-9-23/h5-11,17,19-21,29H,12-16,18H2,1-4H3,(H,31,35)/t29-/m0/s1. The molecule has 3 aromatic rings. The van der Waals surface area contributed by atoms with Crippen molar-refractivity contribution in [3.63, 3.8) is 0 Å². The predicted molar refractivity (Wildman–Crippen MR) is 148 cm³/mol. The molecular weight excluding hydrogens is 482 g/mol. The third-order valence-corrected chi connectivity index (χ3v) is 7.34. The molecule has 2 amide bonds. The Labute approximate surface area is 224 Å². The molecule has 0 saturated heterocycles. The van der Waals surface area contributed by atoms with E-state index in [0.717, 1.165) is 34.7 Å². The highest BCUT2D eigenvalue weighted by Crippen LogP contribution is 2.38. The fourth-order valence-electron chi connectivity index (χ4n) is 4.60. The van der Waals surface area contributed by atoms with Crippen molar-refractivity contribution in [3.05, 3.63) is 81.3 Å². The zero-order chi connectivity index (χ0) is 26.4. The highest BCUT2D eigenvalue weighted by molar-refractivity contribution is 7.09. The van der Waals surface area contributed by atoms with Gasteiger partial charge in [-0.05, 0) is 53.5 Å². The van der Waals surface area contributed by atoms with Gasteiger partial charge in [-0.15, -0.1) is 11.3 Å². The van der Waals surface area contributed by atoms with Crippen LogP contribution in [0.1, 0.15) is 78.8 Å². The van der Waals surface area contributed by atoms with Crippen molar-refractivity contribution >= 4 is 23.2 Å². The van der Waals surface area contributed by atoms with E-state index >= 15 is 0 Å². The fourth-order valence-corrected chi connectivity index (χ4v) is 5.29. The molecule has 0 unspecified atom stereocenters. The predicted octanol–water partition coefficient (Wildman–Crippen LogP) is 6.02. The summed E-state index contributed by atoms with van der Waals surface area (Å²) in [6.07, 6.45) is 2.30. The van der Waals surface area contributed by atoms with Gasteiger partial charge in [-0.3, -0.25) is 9.59 Å². The van der Waals surface area contributed by atoms with Crippen LogP contribution in [-0.4, -0.2) is 34.8 Å². The summed E-state index contributed by atoms with van der Waals surface area (Å²) in [5.74, 6) is 1.62. The second-order valence-electron chi connectivity index (χ2n) is 10.5. The van der Waals surface area contributed by atoms with Gasteiger partial charge in [0.15, 0.2) is 0 Å². The number of benzene rings is 2. The van der Waals surface area contributed by atoms with Gasteiger partial charge in [-0.2, -0.15) is 0 Å². The van der Waals surface area contributed by atoms with Crippen LogP contribution in [0.15, 0.2) is 53.9 Å². The molecular formula is C30H37N3O3S. The van der Waals surface area contributed by atoms with E-state index in [9.17, 15) is 9.59 Å². The third-order valence-electron chi connectivity index (χ3n) is 6.52. The number of carbonyl (C=O) groups is 2. The van der Waals surface area contributed by atoms with Crippen LogP contribution in [0.25, 0.3) is 0 Å². The van der Waals surface area contributed by atoms with Crippen molar-refractivity contribution < 1.29 is 14.3 Å². The molecule has 196 valence electrons. The quantitative estimate of drug-likeness (QED) is 0.356. The Morgan fingerprint density at radius 2 is 1.89 bits per heavy atom. The second-order valence-corrected chi connectivity index (χ2v) is 11.4. The summed E-state index contributed by atoms with van der Waals surface area (Å²) >= 11 is 1.42. The van der Waals surface area contributed by atoms with Crippen LogP contribution in [0.3, 0.4) is 0 Å². The summed E-state index contributed by atoms with van der Waals surface area (Å²) in [5.41, 5.74) is 3.88. The van der Waals surface area contributed by atoms with Crippen LogP contribution >= 0.6 is 11.3 Å². The number of carbonyl (C=O) groups excluding carboxylic acids is 2. The first-order valence-electron chi connectivity index (χ1n) is 13.1. The first-order valence-corrected chi connectivity index (χ1v) is 14.0. The Hall–Kier alpha value is -3.19. The minimum atomic E-state index is -0.145. The fraction of sp³-hybridized carbons (Fsp3) is 0.433. The number of ether oxygens (including phenoxy) is 1. The molecule has 4 rings (SSSR count). The van der Waals surface area contributed by atoms with Crippen molar-refractivity contribution in [3.8, 4) is 5.75 Å². The zero-order valence-electron chi connectivity index (χ0n) is 22.2. The lowest BCUT2D eigenvalue weighted by Crippen LogP contribution is -2.41. The maximum atomic E-state index is 13.2. The number of nitrogens with zero attached hydrogens (tertiary/aromatic N) is 2. The third kappa shape index (κ3) is 6.98. The summed E-state index contributed by atoms with van der Waals surface area (Å²) in [7, 11) is 0. The zero-order valence-corrected chi connectivity index (χ0v) is 23.0. The Bertz CT molecular complexity index is 1210. The lowest BCUT2D eigenvalue weighted by atomic mass is 9.87. The molecule has 1 atom stereocenters. The number of aromatic nitrogens is 1. The van der Waals surface area contributed by atoms with E-state index in [1.807, 2.05) is 29.2 Å². The topological polar surface area (TPSA) is 71.5 Å². The van der Waals surface area contributed by atoms with Crippen molar-refractivity contribution in [2.24, 2.45) is 11.8 Å². The average molecular weight is 520 g/mol. The van der Waals surface area contributed by atoms with Gasteiger partial charge in [-0.1, -0.05) is 64.1 Å². The molecule has 1 N–H and O–H groups in total. The van der Waals surface area contributed by atoms with E-state index in [4.69, 9.17) is 4.74 Å². The van der Waals surface area contributed by atoms with Gasteiger partial charge in [0.25, 0.3) is 5.91 Å². The van der Waals surface area contributed by atoms with Crippen molar-refractivity contribution in [2.45, 2.75) is 59.6 Å². The molecule has 2 aromatic carbocycles. The van der Waals surface area contributed by atoms with Gasteiger partial charge in [0.2, 0.25) is 5.91 Å². The number of hydrogen-bond acceptors (Lipinski definition) is 5. The van der Waals surface area contributed by atoms with Crippen molar-refractivity contribution in [2.75, 3.05) is 13.1 Å². The molecule has 0 saturated carbocycles. The maximum Gasteiger partial charge on any atom is 0.270 e. The van der Waals surface area contributed by atoms with Crippen LogP contribution in [0.5, 0.6) is 5.75 Å². The number of rotatable bonds is 10. The molecule has 37 heavy (non-hydrogen) atoms. The van der Waals surface area contributed by atoms with Gasteiger partial charge in [0.05, 0.1) is 6.04 Å². The number of hydrogen-bond donors (Lipinski definition) is 1. The van der Waals surface area contributed by atoms with E-state index in [2.05, 4.69) is 62.3 Å². The van der Waals surface area contributed by atoms with E-state index in [-0.39, 0.29) is 24.5 Å². The Balaban J connectivity index is 1.49. The van der Waals surface area contributed by atoms with Crippen LogP contribution in [0.4, 0.5) is 0 Å². The molecule has 2 heterocycles. The monoisotopic (exact) mass is 519 g/mol. The average Bonchev–Trinajstić information content (AvgIpc) is 3.36. The smallest absolute Gasteiger partial charge is 0.270 e. The summed E-state index contributed by atoms with van der Waals surface area (Å²) in [6.45, 7) is 10.1. The van der Waals surface area contributed by atoms with Crippen LogP contribution in [0, 0.1) is 11.8 Å². The summed E-state index contributed by atoms with van der Waals surface area (Å²) < 4.78 is 6.12. The minimum Gasteiger partial charge on any atom is -0.486 e. The first kappa shape index (κ1) is 26.9. The highest BCUT2D eigenvalue weighted by Gasteiger charge is 2.32. The lowest BCUT2D eigenvalue weighted by molar-refractivity contribution is -0.134. The lowest BCUT2D eigenvalue weighted by Gasteiger charge is -2.38. The van der Waals surface area contributed by atoms with Gasteiger partial charge in [-0.25, -0.2) is 4.98 Å². The second kappa shape index (κ2) is 12.4. The van der Waals surface area contributed by atoms with Gasteiger partial charge in [0.1, 0.15) is 23.1 Å². The maximum absolute atomic E-state index is 13.2. The highest BCUT2D eigenvalue weighted by atomic mass is 32.1. The molecule has 0 radical (unpaired) electrons. The molecule has 0 aliphatic carbocycles. The number of nitrogens with one attached hydrogen (secondary N) is 1. The number of amides is 2. The molecule has 1 aliphatic heterocycles. The van der Waals surface area contributed by atoms with E-state index in [0.29, 0.717) is 37.0 Å².